The van der Waals surface area contributed by atoms with Crippen LogP contribution in [0, 0.1) is 18.3 Å². The molecular weight excluding hydrogens is 252 g/mol. The molecule has 0 radical (unpaired) electrons. The molecule has 18 heavy (non-hydrogen) atoms. The summed E-state index contributed by atoms with van der Waals surface area (Å²) < 4.78 is 0. The number of terminal acetylenes is 1. The fourth-order valence-electron chi connectivity index (χ4n) is 1.24. The number of amides is 2. The molecule has 2 atom stereocenters. The molecule has 0 aromatic heterocycles. The molecule has 0 heterocycles. The van der Waals surface area contributed by atoms with Crippen LogP contribution in [0.1, 0.15) is 20.3 Å². The molecule has 0 aromatic carbocycles. The molecule has 0 aromatic rings. The smallest absolute Gasteiger partial charge is 0.326 e. The van der Waals surface area contributed by atoms with Gasteiger partial charge >= 0.3 is 12.0 Å². The summed E-state index contributed by atoms with van der Waals surface area (Å²) in [5, 5.41) is 14.1. The highest BCUT2D eigenvalue weighted by Crippen LogP contribution is 2.07. The lowest BCUT2D eigenvalue weighted by Gasteiger charge is -2.20. The summed E-state index contributed by atoms with van der Waals surface area (Å²) in [5.41, 5.74) is 0. The van der Waals surface area contributed by atoms with Crippen LogP contribution in [0.15, 0.2) is 0 Å². The van der Waals surface area contributed by atoms with E-state index in [1.54, 1.807) is 6.92 Å². The van der Waals surface area contributed by atoms with Gasteiger partial charge in [0.15, 0.2) is 0 Å². The Bertz CT molecular complexity index is 315. The first kappa shape index (κ1) is 16.6. The number of hydrogen-bond donors (Lipinski definition) is 3. The summed E-state index contributed by atoms with van der Waals surface area (Å²) in [5.74, 6) is 2.67. The van der Waals surface area contributed by atoms with Gasteiger partial charge in [0.25, 0.3) is 0 Å². The minimum atomic E-state index is -1.01. The predicted molar refractivity (Wildman–Crippen MR) is 73.6 cm³/mol. The first-order valence-corrected chi connectivity index (χ1v) is 6.96. The van der Waals surface area contributed by atoms with Gasteiger partial charge in [0.1, 0.15) is 6.04 Å². The summed E-state index contributed by atoms with van der Waals surface area (Å²) in [6, 6.07) is -1.31. The Morgan fingerprint density at radius 1 is 1.50 bits per heavy atom. The minimum Gasteiger partial charge on any atom is -0.480 e. The molecule has 3 N–H and O–H groups in total. The second-order valence-electron chi connectivity index (χ2n) is 3.86. The van der Waals surface area contributed by atoms with Crippen LogP contribution in [-0.2, 0) is 4.79 Å². The van der Waals surface area contributed by atoms with Gasteiger partial charge in [-0.3, -0.25) is 0 Å². The van der Waals surface area contributed by atoms with Crippen LogP contribution in [0.25, 0.3) is 0 Å². The maximum Gasteiger partial charge on any atom is 0.326 e. The fraction of sp³-hybridized carbons (Fsp3) is 0.667. The van der Waals surface area contributed by atoms with Crippen molar-refractivity contribution in [3.8, 4) is 12.3 Å². The van der Waals surface area contributed by atoms with Crippen LogP contribution in [0.3, 0.4) is 0 Å². The van der Waals surface area contributed by atoms with Crippen molar-refractivity contribution >= 4 is 23.8 Å². The summed E-state index contributed by atoms with van der Waals surface area (Å²) in [4.78, 5) is 22.5. The molecule has 0 unspecified atom stereocenters. The van der Waals surface area contributed by atoms with E-state index in [-0.39, 0.29) is 5.92 Å². The number of hydrogen-bond acceptors (Lipinski definition) is 3. The highest BCUT2D eigenvalue weighted by molar-refractivity contribution is 7.99. The van der Waals surface area contributed by atoms with E-state index in [1.807, 2.05) is 6.92 Å². The van der Waals surface area contributed by atoms with Crippen LogP contribution in [0.2, 0.25) is 0 Å². The topological polar surface area (TPSA) is 78.4 Å². The Morgan fingerprint density at radius 2 is 2.17 bits per heavy atom. The molecule has 0 saturated carbocycles. The number of aliphatic carboxylic acids is 1. The number of urea groups is 1. The second-order valence-corrected chi connectivity index (χ2v) is 4.96. The zero-order chi connectivity index (χ0) is 14.0. The summed E-state index contributed by atoms with van der Waals surface area (Å²) in [6.45, 7) is 4.14. The number of thioether (sulfide) groups is 1. The van der Waals surface area contributed by atoms with Crippen molar-refractivity contribution in [2.75, 3.05) is 18.1 Å². The van der Waals surface area contributed by atoms with Crippen LogP contribution in [0.4, 0.5) is 4.79 Å². The normalized spacial score (nSPS) is 13.2. The maximum absolute atomic E-state index is 11.5. The van der Waals surface area contributed by atoms with Gasteiger partial charge in [-0.15, -0.1) is 18.2 Å². The number of carbonyl (C=O) groups is 2. The average Bonchev–Trinajstić information content (AvgIpc) is 2.34. The van der Waals surface area contributed by atoms with Crippen molar-refractivity contribution in [3.05, 3.63) is 0 Å². The van der Waals surface area contributed by atoms with Crippen LogP contribution in [-0.4, -0.2) is 41.2 Å². The standard InChI is InChI=1S/C12H20N2O3S/c1-4-7-18-8-6-13-12(17)14-10(11(15)16)9(3)5-2/h1,9-10H,5-8H2,2-3H3,(H,15,16)(H2,13,14,17)/t9-,10-/m0/s1. The van der Waals surface area contributed by atoms with E-state index in [0.717, 1.165) is 0 Å². The Hall–Kier alpha value is -1.35. The predicted octanol–water partition coefficient (Wildman–Crippen LogP) is 1.15. The van der Waals surface area contributed by atoms with Gasteiger partial charge in [0.2, 0.25) is 0 Å². The summed E-state index contributed by atoms with van der Waals surface area (Å²) in [7, 11) is 0. The van der Waals surface area contributed by atoms with Crippen molar-refractivity contribution in [2.45, 2.75) is 26.3 Å². The number of rotatable bonds is 8. The monoisotopic (exact) mass is 272 g/mol. The zero-order valence-electron chi connectivity index (χ0n) is 10.7. The third kappa shape index (κ3) is 7.07. The fourth-order valence-corrected chi connectivity index (χ4v) is 1.75. The Balaban J connectivity index is 3.97. The van der Waals surface area contributed by atoms with Gasteiger partial charge in [-0.05, 0) is 5.92 Å². The Labute approximate surface area is 112 Å². The molecule has 0 aliphatic heterocycles. The lowest BCUT2D eigenvalue weighted by Crippen LogP contribution is -2.49. The third-order valence-electron chi connectivity index (χ3n) is 2.48. The Morgan fingerprint density at radius 3 is 2.67 bits per heavy atom. The molecule has 0 rings (SSSR count). The van der Waals surface area contributed by atoms with Gasteiger partial charge in [0.05, 0.1) is 5.75 Å². The zero-order valence-corrected chi connectivity index (χ0v) is 11.5. The van der Waals surface area contributed by atoms with E-state index in [1.165, 1.54) is 11.8 Å². The van der Waals surface area contributed by atoms with E-state index < -0.39 is 18.0 Å². The van der Waals surface area contributed by atoms with Crippen molar-refractivity contribution in [1.82, 2.24) is 10.6 Å². The highest BCUT2D eigenvalue weighted by atomic mass is 32.2. The van der Waals surface area contributed by atoms with Crippen molar-refractivity contribution < 1.29 is 14.7 Å². The molecule has 0 fully saturated rings. The first-order chi connectivity index (χ1) is 8.52. The SMILES string of the molecule is C#CCSCCNC(=O)N[C@H](C(=O)O)[C@@H](C)CC. The largest absolute Gasteiger partial charge is 0.480 e. The quantitative estimate of drug-likeness (QED) is 0.457. The van der Waals surface area contributed by atoms with Crippen LogP contribution in [0.5, 0.6) is 0 Å². The van der Waals surface area contributed by atoms with Gasteiger partial charge in [-0.2, -0.15) is 0 Å². The van der Waals surface area contributed by atoms with Crippen molar-refractivity contribution in [1.29, 1.82) is 0 Å². The highest BCUT2D eigenvalue weighted by Gasteiger charge is 2.24. The maximum atomic E-state index is 11.5. The summed E-state index contributed by atoms with van der Waals surface area (Å²) >= 11 is 1.54. The number of nitrogens with one attached hydrogen (secondary N) is 2. The molecule has 6 heteroatoms. The summed E-state index contributed by atoms with van der Waals surface area (Å²) in [6.07, 6.45) is 5.77. The number of carbonyl (C=O) groups excluding carboxylic acids is 1. The number of carboxylic acids is 1. The molecule has 0 bridgehead atoms. The average molecular weight is 272 g/mol. The van der Waals surface area contributed by atoms with E-state index in [4.69, 9.17) is 11.5 Å². The van der Waals surface area contributed by atoms with Gasteiger partial charge < -0.3 is 15.7 Å². The van der Waals surface area contributed by atoms with E-state index in [9.17, 15) is 9.59 Å². The number of carboxylic acid groups (broad SMARTS) is 1. The molecule has 0 spiro atoms. The molecule has 0 aliphatic carbocycles. The van der Waals surface area contributed by atoms with Gasteiger partial charge in [-0.25, -0.2) is 9.59 Å². The van der Waals surface area contributed by atoms with Crippen LogP contribution >= 0.6 is 11.8 Å². The minimum absolute atomic E-state index is 0.107. The molecule has 0 aliphatic rings. The van der Waals surface area contributed by atoms with E-state index in [2.05, 4.69) is 16.6 Å². The van der Waals surface area contributed by atoms with Crippen molar-refractivity contribution in [2.24, 2.45) is 5.92 Å². The Kier molecular flexibility index (Phi) is 8.93. The van der Waals surface area contributed by atoms with Gasteiger partial charge in [-0.1, -0.05) is 26.2 Å². The molecule has 0 saturated heterocycles. The van der Waals surface area contributed by atoms with E-state index >= 15 is 0 Å². The molecule has 102 valence electrons. The second kappa shape index (κ2) is 9.66. The van der Waals surface area contributed by atoms with Crippen LogP contribution < -0.4 is 10.6 Å². The lowest BCUT2D eigenvalue weighted by molar-refractivity contribution is -0.140. The van der Waals surface area contributed by atoms with Crippen molar-refractivity contribution in [3.63, 3.8) is 0 Å². The van der Waals surface area contributed by atoms with Gasteiger partial charge in [0, 0.05) is 12.3 Å². The molecule has 5 nitrogen and oxygen atoms in total. The molecular formula is C12H20N2O3S. The lowest BCUT2D eigenvalue weighted by atomic mass is 9.99. The molecule has 2 amide bonds. The third-order valence-corrected chi connectivity index (χ3v) is 3.35. The van der Waals surface area contributed by atoms with E-state index in [0.29, 0.717) is 24.5 Å². The first-order valence-electron chi connectivity index (χ1n) is 5.81.